The second-order valence-corrected chi connectivity index (χ2v) is 5.31. The Morgan fingerprint density at radius 2 is 1.65 bits per heavy atom. The van der Waals surface area contributed by atoms with E-state index in [0.717, 1.165) is 15.9 Å². The Bertz CT molecular complexity index is 966. The van der Waals surface area contributed by atoms with Crippen LogP contribution >= 0.6 is 0 Å². The largest absolute Gasteiger partial charge is 0.332 e. The molecule has 0 unspecified atom stereocenters. The first kappa shape index (κ1) is 14.8. The van der Waals surface area contributed by atoms with Crippen LogP contribution < -0.4 is 16.6 Å². The predicted octanol–water partition coefficient (Wildman–Crippen LogP) is 1.32. The fourth-order valence-electron chi connectivity index (χ4n) is 2.34. The molecule has 0 bridgehead atoms. The average Bonchev–Trinajstić information content (AvgIpc) is 2.92. The van der Waals surface area contributed by atoms with Gasteiger partial charge in [0.25, 0.3) is 5.56 Å². The molecule has 0 fully saturated rings. The van der Waals surface area contributed by atoms with Crippen LogP contribution in [0.2, 0.25) is 0 Å². The summed E-state index contributed by atoms with van der Waals surface area (Å²) in [5, 5.41) is 7.57. The Kier molecular flexibility index (Phi) is 3.61. The van der Waals surface area contributed by atoms with Crippen LogP contribution in [0.4, 0.5) is 11.6 Å². The Labute approximate surface area is 132 Å². The molecule has 0 atom stereocenters. The minimum atomic E-state index is -0.387. The van der Waals surface area contributed by atoms with Crippen LogP contribution in [-0.4, -0.2) is 18.9 Å². The lowest BCUT2D eigenvalue weighted by molar-refractivity contribution is 0.691. The standard InChI is InChI=1S/C16H17N5O2/c1-11-9-14(21(18-11)12-7-5-4-6-8-12)17-13-10-15(22)20(3)16(23)19(13)2/h4-10,17H,1-3H3. The Balaban J connectivity index is 2.09. The fourth-order valence-corrected chi connectivity index (χ4v) is 2.34. The molecule has 7 heteroatoms. The summed E-state index contributed by atoms with van der Waals surface area (Å²) in [7, 11) is 3.06. The van der Waals surface area contributed by atoms with Gasteiger partial charge in [0.05, 0.1) is 11.4 Å². The molecule has 0 aliphatic carbocycles. The van der Waals surface area contributed by atoms with Crippen molar-refractivity contribution in [3.63, 3.8) is 0 Å². The van der Waals surface area contributed by atoms with Crippen LogP contribution in [0, 0.1) is 6.92 Å². The van der Waals surface area contributed by atoms with Crippen molar-refractivity contribution in [1.29, 1.82) is 0 Å². The number of nitrogens with one attached hydrogen (secondary N) is 1. The van der Waals surface area contributed by atoms with Crippen LogP contribution in [0.5, 0.6) is 0 Å². The zero-order valence-electron chi connectivity index (χ0n) is 13.1. The normalized spacial score (nSPS) is 10.7. The quantitative estimate of drug-likeness (QED) is 0.792. The first-order valence-electron chi connectivity index (χ1n) is 7.13. The van der Waals surface area contributed by atoms with Crippen molar-refractivity contribution in [3.8, 4) is 5.69 Å². The second kappa shape index (κ2) is 5.60. The lowest BCUT2D eigenvalue weighted by atomic mass is 10.3. The van der Waals surface area contributed by atoms with E-state index in [1.807, 2.05) is 43.3 Å². The van der Waals surface area contributed by atoms with E-state index in [0.29, 0.717) is 11.6 Å². The molecule has 0 saturated heterocycles. The van der Waals surface area contributed by atoms with Gasteiger partial charge in [-0.05, 0) is 19.1 Å². The number of anilines is 2. The third kappa shape index (κ3) is 2.68. The molecule has 23 heavy (non-hydrogen) atoms. The van der Waals surface area contributed by atoms with Crippen molar-refractivity contribution < 1.29 is 0 Å². The molecule has 0 amide bonds. The lowest BCUT2D eigenvalue weighted by Gasteiger charge is -2.13. The van der Waals surface area contributed by atoms with E-state index >= 15 is 0 Å². The van der Waals surface area contributed by atoms with Gasteiger partial charge in [-0.1, -0.05) is 18.2 Å². The fraction of sp³-hybridized carbons (Fsp3) is 0.188. The molecule has 7 nitrogen and oxygen atoms in total. The van der Waals surface area contributed by atoms with Gasteiger partial charge in [0.2, 0.25) is 0 Å². The molecule has 3 aromatic rings. The van der Waals surface area contributed by atoms with Gasteiger partial charge in [-0.15, -0.1) is 0 Å². The van der Waals surface area contributed by atoms with E-state index in [1.165, 1.54) is 17.7 Å². The third-order valence-corrected chi connectivity index (χ3v) is 3.61. The number of hydrogen-bond donors (Lipinski definition) is 1. The maximum atomic E-state index is 12.0. The molecule has 118 valence electrons. The van der Waals surface area contributed by atoms with Crippen molar-refractivity contribution >= 4 is 11.6 Å². The van der Waals surface area contributed by atoms with Gasteiger partial charge in [0, 0.05) is 26.2 Å². The Morgan fingerprint density at radius 3 is 2.35 bits per heavy atom. The van der Waals surface area contributed by atoms with Gasteiger partial charge in [0.1, 0.15) is 11.6 Å². The van der Waals surface area contributed by atoms with Gasteiger partial charge in [-0.25, -0.2) is 9.48 Å². The van der Waals surface area contributed by atoms with Gasteiger partial charge >= 0.3 is 5.69 Å². The zero-order chi connectivity index (χ0) is 16.6. The summed E-state index contributed by atoms with van der Waals surface area (Å²) in [4.78, 5) is 23.9. The Morgan fingerprint density at radius 1 is 0.957 bits per heavy atom. The molecule has 0 aliphatic rings. The van der Waals surface area contributed by atoms with Crippen LogP contribution in [0.1, 0.15) is 5.69 Å². The van der Waals surface area contributed by atoms with Gasteiger partial charge < -0.3 is 5.32 Å². The average molecular weight is 311 g/mol. The van der Waals surface area contributed by atoms with Crippen molar-refractivity contribution in [3.05, 3.63) is 69.0 Å². The highest BCUT2D eigenvalue weighted by atomic mass is 16.2. The van der Waals surface area contributed by atoms with E-state index < -0.39 is 0 Å². The zero-order valence-corrected chi connectivity index (χ0v) is 13.1. The molecule has 3 rings (SSSR count). The number of nitrogens with zero attached hydrogens (tertiary/aromatic N) is 4. The molecular weight excluding hydrogens is 294 g/mol. The molecular formula is C16H17N5O2. The molecule has 0 radical (unpaired) electrons. The van der Waals surface area contributed by atoms with Crippen molar-refractivity contribution in [1.82, 2.24) is 18.9 Å². The summed E-state index contributed by atoms with van der Waals surface area (Å²) in [6.45, 7) is 1.88. The first-order valence-corrected chi connectivity index (χ1v) is 7.13. The first-order chi connectivity index (χ1) is 11.0. The number of para-hydroxylation sites is 1. The summed E-state index contributed by atoms with van der Waals surface area (Å²) in [5.74, 6) is 1.09. The molecule has 2 heterocycles. The van der Waals surface area contributed by atoms with Crippen LogP contribution in [-0.2, 0) is 14.1 Å². The topological polar surface area (TPSA) is 73.8 Å². The highest BCUT2D eigenvalue weighted by molar-refractivity contribution is 5.56. The summed E-state index contributed by atoms with van der Waals surface area (Å²) in [5.41, 5.74) is 0.961. The van der Waals surface area contributed by atoms with Crippen LogP contribution in [0.3, 0.4) is 0 Å². The minimum absolute atomic E-state index is 0.363. The summed E-state index contributed by atoms with van der Waals surface area (Å²) in [6.07, 6.45) is 0. The van der Waals surface area contributed by atoms with E-state index in [4.69, 9.17) is 0 Å². The van der Waals surface area contributed by atoms with Crippen LogP contribution in [0.25, 0.3) is 5.69 Å². The number of benzene rings is 1. The number of rotatable bonds is 3. The molecule has 0 aliphatic heterocycles. The van der Waals surface area contributed by atoms with Crippen molar-refractivity contribution in [2.24, 2.45) is 14.1 Å². The number of hydrogen-bond acceptors (Lipinski definition) is 4. The SMILES string of the molecule is Cc1cc(Nc2cc(=O)n(C)c(=O)n2C)n(-c2ccccc2)n1. The number of aromatic nitrogens is 4. The van der Waals surface area contributed by atoms with E-state index in [9.17, 15) is 9.59 Å². The van der Waals surface area contributed by atoms with Crippen LogP contribution in [0.15, 0.2) is 52.1 Å². The molecule has 1 aromatic carbocycles. The summed E-state index contributed by atoms with van der Waals surface area (Å²) < 4.78 is 4.18. The van der Waals surface area contributed by atoms with E-state index in [-0.39, 0.29) is 11.2 Å². The van der Waals surface area contributed by atoms with Crippen molar-refractivity contribution in [2.75, 3.05) is 5.32 Å². The smallest absolute Gasteiger partial charge is 0.326 e. The van der Waals surface area contributed by atoms with Crippen molar-refractivity contribution in [2.45, 2.75) is 6.92 Å². The predicted molar refractivity (Wildman–Crippen MR) is 88.5 cm³/mol. The Hall–Kier alpha value is -3.09. The van der Waals surface area contributed by atoms with E-state index in [1.54, 1.807) is 11.7 Å². The maximum Gasteiger partial charge on any atom is 0.332 e. The minimum Gasteiger partial charge on any atom is -0.326 e. The molecule has 2 aromatic heterocycles. The highest BCUT2D eigenvalue weighted by Gasteiger charge is 2.11. The lowest BCUT2D eigenvalue weighted by Crippen LogP contribution is -2.37. The van der Waals surface area contributed by atoms with E-state index in [2.05, 4.69) is 10.4 Å². The monoisotopic (exact) mass is 311 g/mol. The van der Waals surface area contributed by atoms with Gasteiger partial charge in [-0.2, -0.15) is 5.10 Å². The molecule has 1 N–H and O–H groups in total. The number of aryl methyl sites for hydroxylation is 1. The van der Waals surface area contributed by atoms with Gasteiger partial charge in [-0.3, -0.25) is 13.9 Å². The summed E-state index contributed by atoms with van der Waals surface area (Å²) in [6, 6.07) is 12.9. The summed E-state index contributed by atoms with van der Waals surface area (Å²) >= 11 is 0. The molecule has 0 spiro atoms. The highest BCUT2D eigenvalue weighted by Crippen LogP contribution is 2.20. The third-order valence-electron chi connectivity index (χ3n) is 3.61. The molecule has 0 saturated carbocycles. The van der Waals surface area contributed by atoms with Gasteiger partial charge in [0.15, 0.2) is 0 Å². The maximum absolute atomic E-state index is 12.0. The second-order valence-electron chi connectivity index (χ2n) is 5.31.